The SMILES string of the molecule is CCOCCOCC(O)c1ccc2ccccc2c1. The third kappa shape index (κ3) is 4.03. The first-order chi connectivity index (χ1) is 9.31. The van der Waals surface area contributed by atoms with Crippen LogP contribution in [0.25, 0.3) is 10.8 Å². The van der Waals surface area contributed by atoms with Gasteiger partial charge in [-0.25, -0.2) is 0 Å². The summed E-state index contributed by atoms with van der Waals surface area (Å²) < 4.78 is 10.6. The molecule has 0 bridgehead atoms. The van der Waals surface area contributed by atoms with E-state index in [-0.39, 0.29) is 0 Å². The molecule has 2 aromatic carbocycles. The first kappa shape index (κ1) is 14.0. The molecular weight excluding hydrogens is 240 g/mol. The molecule has 0 saturated carbocycles. The third-order valence-electron chi connectivity index (χ3n) is 3.01. The van der Waals surface area contributed by atoms with Crippen LogP contribution in [0.4, 0.5) is 0 Å². The highest BCUT2D eigenvalue weighted by Gasteiger charge is 2.08. The van der Waals surface area contributed by atoms with Gasteiger partial charge in [-0.2, -0.15) is 0 Å². The molecule has 2 aromatic rings. The summed E-state index contributed by atoms with van der Waals surface area (Å²) in [6, 6.07) is 14.1. The zero-order valence-electron chi connectivity index (χ0n) is 11.2. The number of aliphatic hydroxyl groups is 1. The number of rotatable bonds is 7. The molecule has 1 atom stereocenters. The highest BCUT2D eigenvalue weighted by atomic mass is 16.5. The van der Waals surface area contributed by atoms with Crippen LogP contribution in [0, 0.1) is 0 Å². The van der Waals surface area contributed by atoms with Gasteiger partial charge in [0.05, 0.1) is 19.8 Å². The zero-order chi connectivity index (χ0) is 13.5. The topological polar surface area (TPSA) is 38.7 Å². The van der Waals surface area contributed by atoms with Gasteiger partial charge in [-0.15, -0.1) is 0 Å². The van der Waals surface area contributed by atoms with Crippen molar-refractivity contribution in [3.8, 4) is 0 Å². The maximum atomic E-state index is 10.1. The Morgan fingerprint density at radius 3 is 2.53 bits per heavy atom. The van der Waals surface area contributed by atoms with Gasteiger partial charge < -0.3 is 14.6 Å². The predicted octanol–water partition coefficient (Wildman–Crippen LogP) is 2.93. The molecule has 0 aliphatic heterocycles. The molecule has 0 fully saturated rings. The summed E-state index contributed by atoms with van der Waals surface area (Å²) in [5.41, 5.74) is 0.884. The van der Waals surface area contributed by atoms with Crippen LogP contribution < -0.4 is 0 Å². The highest BCUT2D eigenvalue weighted by molar-refractivity contribution is 5.83. The summed E-state index contributed by atoms with van der Waals surface area (Å²) in [5, 5.41) is 12.4. The van der Waals surface area contributed by atoms with E-state index in [9.17, 15) is 5.11 Å². The summed E-state index contributed by atoms with van der Waals surface area (Å²) in [6.45, 7) is 4.02. The highest BCUT2D eigenvalue weighted by Crippen LogP contribution is 2.20. The number of hydrogen-bond donors (Lipinski definition) is 1. The molecule has 0 spiro atoms. The molecule has 0 amide bonds. The van der Waals surface area contributed by atoms with Crippen molar-refractivity contribution in [3.05, 3.63) is 48.0 Å². The van der Waals surface area contributed by atoms with E-state index in [1.54, 1.807) is 0 Å². The van der Waals surface area contributed by atoms with Gasteiger partial charge in [-0.1, -0.05) is 36.4 Å². The van der Waals surface area contributed by atoms with Crippen molar-refractivity contribution < 1.29 is 14.6 Å². The lowest BCUT2D eigenvalue weighted by Crippen LogP contribution is -2.11. The summed E-state index contributed by atoms with van der Waals surface area (Å²) in [7, 11) is 0. The van der Waals surface area contributed by atoms with Crippen LogP contribution in [0.3, 0.4) is 0 Å². The molecule has 0 heterocycles. The van der Waals surface area contributed by atoms with Gasteiger partial charge >= 0.3 is 0 Å². The van der Waals surface area contributed by atoms with E-state index in [0.29, 0.717) is 26.4 Å². The summed E-state index contributed by atoms with van der Waals surface area (Å²) in [6.07, 6.45) is -0.591. The molecule has 19 heavy (non-hydrogen) atoms. The fourth-order valence-electron chi connectivity index (χ4n) is 1.97. The Morgan fingerprint density at radius 2 is 1.74 bits per heavy atom. The fraction of sp³-hybridized carbons (Fsp3) is 0.375. The Hall–Kier alpha value is -1.42. The summed E-state index contributed by atoms with van der Waals surface area (Å²) in [5.74, 6) is 0. The number of hydrogen-bond acceptors (Lipinski definition) is 3. The fourth-order valence-corrected chi connectivity index (χ4v) is 1.97. The average molecular weight is 260 g/mol. The second kappa shape index (κ2) is 7.24. The quantitative estimate of drug-likeness (QED) is 0.778. The van der Waals surface area contributed by atoms with Crippen LogP contribution >= 0.6 is 0 Å². The van der Waals surface area contributed by atoms with Crippen molar-refractivity contribution in [1.29, 1.82) is 0 Å². The smallest absolute Gasteiger partial charge is 0.102 e. The van der Waals surface area contributed by atoms with E-state index in [1.807, 2.05) is 43.3 Å². The molecule has 0 radical (unpaired) electrons. The lowest BCUT2D eigenvalue weighted by molar-refractivity contribution is 0.00535. The minimum atomic E-state index is -0.591. The maximum Gasteiger partial charge on any atom is 0.102 e. The Bertz CT molecular complexity index is 510. The van der Waals surface area contributed by atoms with Crippen LogP contribution in [0.5, 0.6) is 0 Å². The molecule has 1 N–H and O–H groups in total. The van der Waals surface area contributed by atoms with Gasteiger partial charge in [0.25, 0.3) is 0 Å². The Morgan fingerprint density at radius 1 is 1.00 bits per heavy atom. The Kier molecular flexibility index (Phi) is 5.33. The van der Waals surface area contributed by atoms with Crippen LogP contribution in [0.15, 0.2) is 42.5 Å². The molecule has 2 rings (SSSR count). The molecular formula is C16H20O3. The van der Waals surface area contributed by atoms with Crippen molar-refractivity contribution in [2.24, 2.45) is 0 Å². The van der Waals surface area contributed by atoms with Gasteiger partial charge in [-0.3, -0.25) is 0 Å². The molecule has 1 unspecified atom stereocenters. The summed E-state index contributed by atoms with van der Waals surface area (Å²) >= 11 is 0. The van der Waals surface area contributed by atoms with Crippen LogP contribution in [0.1, 0.15) is 18.6 Å². The molecule has 3 heteroatoms. The van der Waals surface area contributed by atoms with Gasteiger partial charge in [-0.05, 0) is 29.3 Å². The van der Waals surface area contributed by atoms with E-state index < -0.39 is 6.10 Å². The van der Waals surface area contributed by atoms with Crippen molar-refractivity contribution in [2.45, 2.75) is 13.0 Å². The third-order valence-corrected chi connectivity index (χ3v) is 3.01. The predicted molar refractivity (Wildman–Crippen MR) is 76.2 cm³/mol. The largest absolute Gasteiger partial charge is 0.386 e. The van der Waals surface area contributed by atoms with Crippen LogP contribution in [0.2, 0.25) is 0 Å². The normalized spacial score (nSPS) is 12.7. The van der Waals surface area contributed by atoms with E-state index in [2.05, 4.69) is 6.07 Å². The number of fused-ring (bicyclic) bond motifs is 1. The van der Waals surface area contributed by atoms with Gasteiger partial charge in [0.1, 0.15) is 6.10 Å². The van der Waals surface area contributed by atoms with E-state index >= 15 is 0 Å². The first-order valence-electron chi connectivity index (χ1n) is 6.63. The molecule has 0 aromatic heterocycles. The van der Waals surface area contributed by atoms with E-state index in [1.165, 1.54) is 5.39 Å². The molecule has 0 aliphatic carbocycles. The number of benzene rings is 2. The van der Waals surface area contributed by atoms with Gasteiger partial charge in [0.2, 0.25) is 0 Å². The number of ether oxygens (including phenoxy) is 2. The average Bonchev–Trinajstić information content (AvgIpc) is 2.46. The second-order valence-corrected chi connectivity index (χ2v) is 4.39. The van der Waals surface area contributed by atoms with Gasteiger partial charge in [0, 0.05) is 6.61 Å². The van der Waals surface area contributed by atoms with E-state index in [4.69, 9.17) is 9.47 Å². The van der Waals surface area contributed by atoms with Crippen molar-refractivity contribution in [2.75, 3.05) is 26.4 Å². The second-order valence-electron chi connectivity index (χ2n) is 4.39. The van der Waals surface area contributed by atoms with Gasteiger partial charge in [0.15, 0.2) is 0 Å². The van der Waals surface area contributed by atoms with Crippen molar-refractivity contribution in [3.63, 3.8) is 0 Å². The zero-order valence-corrected chi connectivity index (χ0v) is 11.2. The lowest BCUT2D eigenvalue weighted by atomic mass is 10.0. The van der Waals surface area contributed by atoms with Crippen molar-refractivity contribution in [1.82, 2.24) is 0 Å². The van der Waals surface area contributed by atoms with Crippen LogP contribution in [-0.4, -0.2) is 31.5 Å². The van der Waals surface area contributed by atoms with Crippen molar-refractivity contribution >= 4 is 10.8 Å². The standard InChI is InChI=1S/C16H20O3/c1-2-18-9-10-19-12-16(17)15-8-7-13-5-3-4-6-14(13)11-15/h3-8,11,16-17H,2,9-10,12H2,1H3. The van der Waals surface area contributed by atoms with E-state index in [0.717, 1.165) is 10.9 Å². The minimum Gasteiger partial charge on any atom is -0.386 e. The Labute approximate surface area is 113 Å². The molecule has 0 saturated heterocycles. The minimum absolute atomic E-state index is 0.297. The molecule has 3 nitrogen and oxygen atoms in total. The monoisotopic (exact) mass is 260 g/mol. The maximum absolute atomic E-state index is 10.1. The number of aliphatic hydroxyl groups excluding tert-OH is 1. The lowest BCUT2D eigenvalue weighted by Gasteiger charge is -2.12. The Balaban J connectivity index is 1.91. The summed E-state index contributed by atoms with van der Waals surface area (Å²) in [4.78, 5) is 0. The molecule has 102 valence electrons. The first-order valence-corrected chi connectivity index (χ1v) is 6.63. The van der Waals surface area contributed by atoms with Crippen LogP contribution in [-0.2, 0) is 9.47 Å². The molecule has 0 aliphatic rings.